The molecule has 1 aromatic heterocycles. The minimum atomic E-state index is -3.38. The topological polar surface area (TPSA) is 81.2 Å². The van der Waals surface area contributed by atoms with E-state index in [9.17, 15) is 8.42 Å². The number of benzene rings is 2. The lowest BCUT2D eigenvalue weighted by molar-refractivity contribution is 0.416. The highest BCUT2D eigenvalue weighted by Gasteiger charge is 2.14. The Balaban J connectivity index is 2.11. The molecular weight excluding hydrogens is 350 g/mol. The molecule has 0 amide bonds. The largest absolute Gasteiger partial charge is 0.496 e. The second kappa shape index (κ2) is 7.13. The fourth-order valence-corrected chi connectivity index (χ4v) is 3.34. The molecule has 0 aliphatic carbocycles. The van der Waals surface area contributed by atoms with Gasteiger partial charge in [-0.25, -0.2) is 18.4 Å². The number of hydrogen-bond donors (Lipinski definition) is 1. The van der Waals surface area contributed by atoms with E-state index in [1.807, 2.05) is 37.3 Å². The molecule has 1 N–H and O–H groups in total. The van der Waals surface area contributed by atoms with Gasteiger partial charge in [-0.1, -0.05) is 24.3 Å². The maximum atomic E-state index is 11.6. The minimum Gasteiger partial charge on any atom is -0.496 e. The molecule has 0 aliphatic heterocycles. The van der Waals surface area contributed by atoms with Gasteiger partial charge in [-0.2, -0.15) is 0 Å². The fourth-order valence-electron chi connectivity index (χ4n) is 2.76. The van der Waals surface area contributed by atoms with Crippen molar-refractivity contribution in [1.82, 2.24) is 9.97 Å². The van der Waals surface area contributed by atoms with Crippen molar-refractivity contribution in [3.05, 3.63) is 60.7 Å². The van der Waals surface area contributed by atoms with Crippen molar-refractivity contribution in [2.45, 2.75) is 6.92 Å². The quantitative estimate of drug-likeness (QED) is 0.744. The van der Waals surface area contributed by atoms with Crippen molar-refractivity contribution in [1.29, 1.82) is 0 Å². The van der Waals surface area contributed by atoms with Gasteiger partial charge in [0.25, 0.3) is 0 Å². The number of nitrogens with zero attached hydrogens (tertiary/aromatic N) is 2. The fraction of sp³-hybridized carbons (Fsp3) is 0.158. The molecule has 0 fully saturated rings. The van der Waals surface area contributed by atoms with Crippen LogP contribution >= 0.6 is 0 Å². The van der Waals surface area contributed by atoms with E-state index in [0.717, 1.165) is 34.2 Å². The zero-order chi connectivity index (χ0) is 18.7. The number of sulfonamides is 1. The molecule has 3 rings (SSSR count). The predicted octanol–water partition coefficient (Wildman–Crippen LogP) is 3.50. The van der Waals surface area contributed by atoms with Crippen molar-refractivity contribution in [3.63, 3.8) is 0 Å². The average molecular weight is 369 g/mol. The summed E-state index contributed by atoms with van der Waals surface area (Å²) in [6, 6.07) is 13.0. The zero-order valence-corrected chi connectivity index (χ0v) is 15.5. The number of rotatable bonds is 5. The summed E-state index contributed by atoms with van der Waals surface area (Å²) >= 11 is 0. The van der Waals surface area contributed by atoms with Crippen LogP contribution in [0, 0.1) is 6.92 Å². The lowest BCUT2D eigenvalue weighted by Gasteiger charge is -2.14. The second-order valence-electron chi connectivity index (χ2n) is 5.86. The summed E-state index contributed by atoms with van der Waals surface area (Å²) in [5.74, 6) is 0.662. The van der Waals surface area contributed by atoms with E-state index >= 15 is 0 Å². The summed E-state index contributed by atoms with van der Waals surface area (Å²) in [6.07, 6.45) is 4.39. The summed E-state index contributed by atoms with van der Waals surface area (Å²) in [5.41, 5.74) is 4.74. The van der Waals surface area contributed by atoms with Crippen LogP contribution in [0.15, 0.2) is 55.0 Å². The van der Waals surface area contributed by atoms with Crippen LogP contribution < -0.4 is 9.46 Å². The van der Waals surface area contributed by atoms with Crippen LogP contribution in [-0.4, -0.2) is 31.8 Å². The first-order chi connectivity index (χ1) is 12.4. The van der Waals surface area contributed by atoms with Gasteiger partial charge in [0.2, 0.25) is 10.0 Å². The van der Waals surface area contributed by atoms with Crippen LogP contribution in [0.4, 0.5) is 5.69 Å². The lowest BCUT2D eigenvalue weighted by Crippen LogP contribution is -2.10. The molecule has 134 valence electrons. The molecule has 0 spiro atoms. The third kappa shape index (κ3) is 3.83. The minimum absolute atomic E-state index is 0.518. The smallest absolute Gasteiger partial charge is 0.229 e. The Morgan fingerprint density at radius 1 is 1.04 bits per heavy atom. The predicted molar refractivity (Wildman–Crippen MR) is 103 cm³/mol. The van der Waals surface area contributed by atoms with E-state index in [0.29, 0.717) is 11.4 Å². The molecule has 2 aromatic carbocycles. The molecule has 0 saturated heterocycles. The highest BCUT2D eigenvalue weighted by molar-refractivity contribution is 7.92. The Hall–Kier alpha value is -2.93. The van der Waals surface area contributed by atoms with E-state index in [1.54, 1.807) is 25.4 Å². The van der Waals surface area contributed by atoms with Gasteiger partial charge in [-0.05, 0) is 30.7 Å². The molecule has 3 aromatic rings. The monoisotopic (exact) mass is 369 g/mol. The van der Waals surface area contributed by atoms with Crippen LogP contribution in [-0.2, 0) is 10.0 Å². The summed E-state index contributed by atoms with van der Waals surface area (Å²) in [5, 5.41) is 0. The summed E-state index contributed by atoms with van der Waals surface area (Å²) in [7, 11) is -1.78. The Bertz CT molecular complexity index is 1050. The van der Waals surface area contributed by atoms with Crippen LogP contribution in [0.2, 0.25) is 0 Å². The molecule has 7 heteroatoms. The van der Waals surface area contributed by atoms with Crippen LogP contribution in [0.25, 0.3) is 22.3 Å². The number of hydrogen-bond acceptors (Lipinski definition) is 5. The van der Waals surface area contributed by atoms with Crippen molar-refractivity contribution in [2.24, 2.45) is 0 Å². The third-order valence-electron chi connectivity index (χ3n) is 3.94. The van der Waals surface area contributed by atoms with Crippen molar-refractivity contribution < 1.29 is 13.2 Å². The number of aryl methyl sites for hydroxylation is 1. The van der Waals surface area contributed by atoms with Crippen molar-refractivity contribution in [2.75, 3.05) is 18.1 Å². The molecular formula is C19H19N3O3S. The molecule has 0 radical (unpaired) electrons. The van der Waals surface area contributed by atoms with E-state index in [-0.39, 0.29) is 0 Å². The Labute approximate surface area is 153 Å². The Kier molecular flexibility index (Phi) is 4.90. The molecule has 0 bridgehead atoms. The van der Waals surface area contributed by atoms with E-state index < -0.39 is 10.0 Å². The van der Waals surface area contributed by atoms with E-state index in [1.165, 1.54) is 6.33 Å². The van der Waals surface area contributed by atoms with Gasteiger partial charge < -0.3 is 4.74 Å². The zero-order valence-electron chi connectivity index (χ0n) is 14.7. The normalized spacial score (nSPS) is 11.2. The highest BCUT2D eigenvalue weighted by atomic mass is 32.2. The lowest BCUT2D eigenvalue weighted by atomic mass is 9.98. The number of para-hydroxylation sites is 1. The van der Waals surface area contributed by atoms with Gasteiger partial charge in [-0.3, -0.25) is 4.72 Å². The number of methoxy groups -OCH3 is 1. The van der Waals surface area contributed by atoms with E-state index in [4.69, 9.17) is 4.74 Å². The number of nitrogens with one attached hydrogen (secondary N) is 1. The first-order valence-corrected chi connectivity index (χ1v) is 9.80. The number of anilines is 1. The van der Waals surface area contributed by atoms with Crippen LogP contribution in [0.5, 0.6) is 5.75 Å². The number of aromatic nitrogens is 2. The Morgan fingerprint density at radius 3 is 2.50 bits per heavy atom. The molecule has 0 saturated carbocycles. The highest BCUT2D eigenvalue weighted by Crippen LogP contribution is 2.37. The number of ether oxygens (including phenoxy) is 1. The van der Waals surface area contributed by atoms with Gasteiger partial charge in [0.1, 0.15) is 12.1 Å². The van der Waals surface area contributed by atoms with Crippen molar-refractivity contribution >= 4 is 15.7 Å². The molecule has 0 unspecified atom stereocenters. The van der Waals surface area contributed by atoms with Gasteiger partial charge in [-0.15, -0.1) is 0 Å². The molecule has 0 aliphatic rings. The van der Waals surface area contributed by atoms with E-state index in [2.05, 4.69) is 14.7 Å². The van der Waals surface area contributed by atoms with Crippen molar-refractivity contribution in [3.8, 4) is 28.0 Å². The summed E-state index contributed by atoms with van der Waals surface area (Å²) < 4.78 is 31.4. The van der Waals surface area contributed by atoms with Gasteiger partial charge in [0, 0.05) is 28.6 Å². The second-order valence-corrected chi connectivity index (χ2v) is 7.61. The standard InChI is InChI=1S/C19H19N3O3S/c1-13-17(11-20-12-21-13)16-9-8-14(10-19(16)25-2)15-6-4-5-7-18(15)22-26(3,23)24/h4-12,22H,1-3H3. The maximum absolute atomic E-state index is 11.6. The Morgan fingerprint density at radius 2 is 1.81 bits per heavy atom. The average Bonchev–Trinajstić information content (AvgIpc) is 2.61. The first-order valence-electron chi connectivity index (χ1n) is 7.91. The third-order valence-corrected chi connectivity index (χ3v) is 4.53. The summed E-state index contributed by atoms with van der Waals surface area (Å²) in [6.45, 7) is 1.91. The van der Waals surface area contributed by atoms with Gasteiger partial charge in [0.15, 0.2) is 0 Å². The molecule has 1 heterocycles. The molecule has 26 heavy (non-hydrogen) atoms. The van der Waals surface area contributed by atoms with Crippen LogP contribution in [0.3, 0.4) is 0 Å². The van der Waals surface area contributed by atoms with Gasteiger partial charge in [0.05, 0.1) is 19.1 Å². The molecule has 0 atom stereocenters. The maximum Gasteiger partial charge on any atom is 0.229 e. The summed E-state index contributed by atoms with van der Waals surface area (Å²) in [4.78, 5) is 8.31. The molecule has 6 nitrogen and oxygen atoms in total. The SMILES string of the molecule is COc1cc(-c2ccccc2NS(C)(=O)=O)ccc1-c1cncnc1C. The van der Waals surface area contributed by atoms with Gasteiger partial charge >= 0.3 is 0 Å². The van der Waals surface area contributed by atoms with Crippen LogP contribution in [0.1, 0.15) is 5.69 Å². The first kappa shape index (κ1) is 17.9.